The van der Waals surface area contributed by atoms with Crippen molar-refractivity contribution < 1.29 is 9.53 Å². The van der Waals surface area contributed by atoms with E-state index in [1.807, 2.05) is 24.3 Å². The minimum atomic E-state index is -0.119. The van der Waals surface area contributed by atoms with Crippen molar-refractivity contribution in [2.24, 2.45) is 0 Å². The lowest BCUT2D eigenvalue weighted by Crippen LogP contribution is -2.26. The lowest BCUT2D eigenvalue weighted by atomic mass is 10.1. The predicted molar refractivity (Wildman–Crippen MR) is 103 cm³/mol. The number of hydrogen-bond acceptors (Lipinski definition) is 5. The number of hydrogen-bond donors (Lipinski definition) is 2. The van der Waals surface area contributed by atoms with E-state index in [-0.39, 0.29) is 11.9 Å². The minimum absolute atomic E-state index is 0.119. The minimum Gasteiger partial charge on any atom is -0.497 e. The van der Waals surface area contributed by atoms with Gasteiger partial charge in [-0.3, -0.25) is 9.78 Å². The number of amides is 1. The summed E-state index contributed by atoms with van der Waals surface area (Å²) in [5, 5.41) is 3.95. The van der Waals surface area contributed by atoms with Crippen LogP contribution in [0.2, 0.25) is 0 Å². The van der Waals surface area contributed by atoms with E-state index in [0.29, 0.717) is 16.5 Å². The molecule has 1 aromatic carbocycles. The fraction of sp³-hybridized carbons (Fsp3) is 0.222. The first kappa shape index (κ1) is 16.4. The topological polar surface area (TPSA) is 77.2 Å². The maximum absolute atomic E-state index is 12.6. The van der Waals surface area contributed by atoms with Crippen molar-refractivity contribution in [1.82, 2.24) is 10.3 Å². The van der Waals surface area contributed by atoms with E-state index in [1.54, 1.807) is 19.5 Å². The van der Waals surface area contributed by atoms with Gasteiger partial charge in [-0.15, -0.1) is 11.3 Å². The van der Waals surface area contributed by atoms with Gasteiger partial charge in [-0.25, -0.2) is 0 Å². The number of anilines is 1. The van der Waals surface area contributed by atoms with Crippen LogP contribution in [0, 0.1) is 0 Å². The molecule has 3 aromatic rings. The third-order valence-corrected chi connectivity index (χ3v) is 6.19. The summed E-state index contributed by atoms with van der Waals surface area (Å²) in [6.45, 7) is 0. The Balaban J connectivity index is 1.50. The molecule has 0 spiro atoms. The monoisotopic (exact) mass is 417 g/mol. The summed E-state index contributed by atoms with van der Waals surface area (Å²) in [6.07, 6.45) is 4.36. The van der Waals surface area contributed by atoms with Crippen molar-refractivity contribution in [3.63, 3.8) is 0 Å². The number of rotatable bonds is 4. The molecule has 0 radical (unpaired) electrons. The van der Waals surface area contributed by atoms with E-state index >= 15 is 0 Å². The molecular formula is C18H16BrN3O2S. The Morgan fingerprint density at radius 2 is 2.12 bits per heavy atom. The third kappa shape index (κ3) is 2.98. The van der Waals surface area contributed by atoms with Gasteiger partial charge in [0.2, 0.25) is 0 Å². The van der Waals surface area contributed by atoms with Crippen LogP contribution in [0.5, 0.6) is 5.75 Å². The number of halogens is 1. The summed E-state index contributed by atoms with van der Waals surface area (Å²) in [5.74, 6) is 1.06. The standard InChI is InChI=1S/C18H16BrN3O2S/c1-24-10-4-2-9(3-5-10)11-6-13(11)22-18(23)17-16(20)15-12(19)7-21-8-14(15)25-17/h2-5,7-8,11,13H,6,20H2,1H3,(H,22,23). The summed E-state index contributed by atoms with van der Waals surface area (Å²) >= 11 is 4.82. The van der Waals surface area contributed by atoms with Gasteiger partial charge in [0.25, 0.3) is 5.91 Å². The van der Waals surface area contributed by atoms with Crippen molar-refractivity contribution in [1.29, 1.82) is 0 Å². The number of pyridine rings is 1. The van der Waals surface area contributed by atoms with E-state index in [2.05, 4.69) is 26.2 Å². The van der Waals surface area contributed by atoms with Gasteiger partial charge in [0.15, 0.2) is 0 Å². The summed E-state index contributed by atoms with van der Waals surface area (Å²) in [5.41, 5.74) is 7.91. The van der Waals surface area contributed by atoms with Crippen molar-refractivity contribution in [3.05, 3.63) is 51.6 Å². The van der Waals surface area contributed by atoms with E-state index < -0.39 is 0 Å². The number of thiophene rings is 1. The van der Waals surface area contributed by atoms with Gasteiger partial charge in [0, 0.05) is 34.2 Å². The van der Waals surface area contributed by atoms with Crippen LogP contribution in [0.1, 0.15) is 27.6 Å². The zero-order chi connectivity index (χ0) is 17.6. The van der Waals surface area contributed by atoms with Gasteiger partial charge in [-0.05, 0) is 40.0 Å². The van der Waals surface area contributed by atoms with Gasteiger partial charge < -0.3 is 15.8 Å². The molecule has 7 heteroatoms. The van der Waals surface area contributed by atoms with Gasteiger partial charge >= 0.3 is 0 Å². The first-order valence-corrected chi connectivity index (χ1v) is 9.45. The third-order valence-electron chi connectivity index (χ3n) is 4.45. The van der Waals surface area contributed by atoms with E-state index in [4.69, 9.17) is 10.5 Å². The average molecular weight is 418 g/mol. The number of ether oxygens (including phenoxy) is 1. The molecule has 0 aliphatic heterocycles. The normalized spacial score (nSPS) is 19.0. The number of carbonyl (C=O) groups excluding carboxylic acids is 1. The Morgan fingerprint density at radius 3 is 2.80 bits per heavy atom. The van der Waals surface area contributed by atoms with Gasteiger partial charge in [0.1, 0.15) is 10.6 Å². The Hall–Kier alpha value is -2.12. The first-order valence-electron chi connectivity index (χ1n) is 7.84. The Bertz CT molecular complexity index is 955. The van der Waals surface area contributed by atoms with Crippen molar-refractivity contribution in [2.45, 2.75) is 18.4 Å². The number of nitrogens with two attached hydrogens (primary N) is 1. The molecule has 1 aliphatic carbocycles. The second-order valence-electron chi connectivity index (χ2n) is 6.03. The smallest absolute Gasteiger partial charge is 0.263 e. The molecule has 2 aromatic heterocycles. The van der Waals surface area contributed by atoms with Crippen LogP contribution in [0.3, 0.4) is 0 Å². The van der Waals surface area contributed by atoms with Crippen molar-refractivity contribution in [3.8, 4) is 5.75 Å². The van der Waals surface area contributed by atoms with Crippen LogP contribution in [0.15, 0.2) is 41.1 Å². The molecule has 1 fully saturated rings. The van der Waals surface area contributed by atoms with Gasteiger partial charge in [0.05, 0.1) is 17.5 Å². The largest absolute Gasteiger partial charge is 0.497 e. The van der Waals surface area contributed by atoms with Crippen LogP contribution in [-0.2, 0) is 0 Å². The van der Waals surface area contributed by atoms with Crippen LogP contribution in [0.4, 0.5) is 5.69 Å². The Kier molecular flexibility index (Phi) is 4.13. The van der Waals surface area contributed by atoms with Gasteiger partial charge in [-0.1, -0.05) is 12.1 Å². The van der Waals surface area contributed by atoms with Crippen LogP contribution in [-0.4, -0.2) is 24.0 Å². The van der Waals surface area contributed by atoms with E-state index in [0.717, 1.165) is 26.7 Å². The molecule has 1 aliphatic rings. The molecule has 2 unspecified atom stereocenters. The molecule has 0 bridgehead atoms. The number of nitrogens with one attached hydrogen (secondary N) is 1. The van der Waals surface area contributed by atoms with Crippen LogP contribution >= 0.6 is 27.3 Å². The fourth-order valence-electron chi connectivity index (χ4n) is 3.01. The van der Waals surface area contributed by atoms with Crippen molar-refractivity contribution in [2.75, 3.05) is 12.8 Å². The molecular weight excluding hydrogens is 402 g/mol. The second kappa shape index (κ2) is 6.31. The predicted octanol–water partition coefficient (Wildman–Crippen LogP) is 3.94. The maximum Gasteiger partial charge on any atom is 0.263 e. The fourth-order valence-corrected chi connectivity index (χ4v) is 4.71. The SMILES string of the molecule is COc1ccc(C2CC2NC(=O)c2sc3cncc(Br)c3c2N)cc1. The number of nitrogens with zero attached hydrogens (tertiary/aromatic N) is 1. The lowest BCUT2D eigenvalue weighted by Gasteiger charge is -2.05. The van der Waals surface area contributed by atoms with E-state index in [1.165, 1.54) is 16.9 Å². The van der Waals surface area contributed by atoms with Crippen LogP contribution in [0.25, 0.3) is 10.1 Å². The molecule has 0 saturated heterocycles. The summed E-state index contributed by atoms with van der Waals surface area (Å²) in [6, 6.07) is 8.13. The first-order chi connectivity index (χ1) is 12.1. The second-order valence-corrected chi connectivity index (χ2v) is 7.94. The highest BCUT2D eigenvalue weighted by atomic mass is 79.9. The number of aromatic nitrogens is 1. The molecule has 5 nitrogen and oxygen atoms in total. The maximum atomic E-state index is 12.6. The summed E-state index contributed by atoms with van der Waals surface area (Å²) in [4.78, 5) is 17.3. The summed E-state index contributed by atoms with van der Waals surface area (Å²) < 4.78 is 6.89. The number of methoxy groups -OCH3 is 1. The average Bonchev–Trinajstić information content (AvgIpc) is 3.29. The lowest BCUT2D eigenvalue weighted by molar-refractivity contribution is 0.0955. The van der Waals surface area contributed by atoms with Crippen molar-refractivity contribution >= 4 is 48.9 Å². The molecule has 25 heavy (non-hydrogen) atoms. The molecule has 1 saturated carbocycles. The Labute approximate surface area is 157 Å². The van der Waals surface area contributed by atoms with Gasteiger partial charge in [-0.2, -0.15) is 0 Å². The molecule has 3 N–H and O–H groups in total. The molecule has 1 amide bonds. The quantitative estimate of drug-likeness (QED) is 0.673. The number of benzene rings is 1. The zero-order valence-corrected chi connectivity index (χ0v) is 15.9. The Morgan fingerprint density at radius 1 is 1.36 bits per heavy atom. The van der Waals surface area contributed by atoms with Crippen LogP contribution < -0.4 is 15.8 Å². The molecule has 128 valence electrons. The number of nitrogen functional groups attached to an aromatic ring is 1. The zero-order valence-electron chi connectivity index (χ0n) is 13.5. The highest BCUT2D eigenvalue weighted by molar-refractivity contribution is 9.10. The molecule has 2 atom stereocenters. The highest BCUT2D eigenvalue weighted by Gasteiger charge is 2.40. The number of carbonyl (C=O) groups is 1. The highest BCUT2D eigenvalue weighted by Crippen LogP contribution is 2.42. The molecule has 4 rings (SSSR count). The molecule has 2 heterocycles. The van der Waals surface area contributed by atoms with E-state index in [9.17, 15) is 4.79 Å². The number of fused-ring (bicyclic) bond motifs is 1. The summed E-state index contributed by atoms with van der Waals surface area (Å²) in [7, 11) is 1.65.